The van der Waals surface area contributed by atoms with Gasteiger partial charge in [-0.25, -0.2) is 0 Å². The molecule has 44 valence electrons. The van der Waals surface area contributed by atoms with Gasteiger partial charge in [0.1, 0.15) is 6.61 Å². The topological polar surface area (TPSA) is 29.5 Å². The number of thiocarbonyl (C=S) groups is 1. The molecule has 0 aromatic rings. The molecule has 8 heavy (non-hydrogen) atoms. The van der Waals surface area contributed by atoms with E-state index in [-0.39, 0.29) is 70.4 Å². The van der Waals surface area contributed by atoms with Crippen LogP contribution in [0, 0.1) is 0 Å². The normalized spacial score (nSPS) is 7.25. The predicted molar refractivity (Wildman–Crippen MR) is 35.7 cm³/mol. The first-order valence-electron chi connectivity index (χ1n) is 1.74. The molecule has 0 atom stereocenters. The van der Waals surface area contributed by atoms with Gasteiger partial charge in [-0.15, -0.1) is 0 Å². The number of hydrogen-bond donors (Lipinski definition) is 2. The number of rotatable bonds is 2. The molecule has 0 aliphatic heterocycles. The molecule has 0 heterocycles. The molecule has 1 N–H and O–H groups in total. The summed E-state index contributed by atoms with van der Waals surface area (Å²) in [5, 5.41) is 8.10. The van der Waals surface area contributed by atoms with E-state index >= 15 is 0 Å². The first-order valence-corrected chi connectivity index (χ1v) is 2.59. The zero-order valence-electron chi connectivity index (χ0n) is 5.63. The molecule has 0 spiro atoms. The van der Waals surface area contributed by atoms with Gasteiger partial charge in [0.05, 0.1) is 6.61 Å². The van der Waals surface area contributed by atoms with Crippen molar-refractivity contribution in [3.63, 3.8) is 0 Å². The van der Waals surface area contributed by atoms with Crippen LogP contribution in [-0.4, -0.2) is 22.7 Å². The van der Waals surface area contributed by atoms with Crippen molar-refractivity contribution in [1.82, 2.24) is 0 Å². The first kappa shape index (κ1) is 12.5. The van der Waals surface area contributed by atoms with Crippen molar-refractivity contribution >= 4 is 29.2 Å². The summed E-state index contributed by atoms with van der Waals surface area (Å²) in [5.74, 6) is 0. The van der Waals surface area contributed by atoms with Crippen molar-refractivity contribution in [2.24, 2.45) is 0 Å². The van der Waals surface area contributed by atoms with Gasteiger partial charge in [0.25, 0.3) is 0 Å². The van der Waals surface area contributed by atoms with Crippen LogP contribution in [-0.2, 0) is 4.74 Å². The van der Waals surface area contributed by atoms with Gasteiger partial charge in [0.15, 0.2) is 0 Å². The van der Waals surface area contributed by atoms with Crippen molar-refractivity contribution in [2.45, 2.75) is 0 Å². The van der Waals surface area contributed by atoms with Gasteiger partial charge >= 0.3 is 51.4 Å². The first-order chi connectivity index (χ1) is 3.27. The fourth-order valence-electron chi connectivity index (χ4n) is 0.133. The quantitative estimate of drug-likeness (QED) is 0.274. The van der Waals surface area contributed by atoms with Crippen molar-refractivity contribution in [1.29, 1.82) is 0 Å². The second-order valence-corrected chi connectivity index (χ2v) is 1.92. The van der Waals surface area contributed by atoms with Crippen LogP contribution in [0.4, 0.5) is 0 Å². The smallest absolute Gasteiger partial charge is 1.00 e. The Morgan fingerprint density at radius 3 is 2.50 bits per heavy atom. The molecule has 5 heteroatoms. The number of thiol groups is 1. The van der Waals surface area contributed by atoms with Crippen molar-refractivity contribution in [3.05, 3.63) is 0 Å². The van der Waals surface area contributed by atoms with E-state index in [1.165, 1.54) is 0 Å². The van der Waals surface area contributed by atoms with E-state index in [4.69, 9.17) is 5.11 Å². The zero-order valence-corrected chi connectivity index (χ0v) is 9.46. The van der Waals surface area contributed by atoms with E-state index in [0.717, 1.165) is 0 Å². The van der Waals surface area contributed by atoms with Gasteiger partial charge in [-0.1, -0.05) is 12.6 Å². The molecule has 0 saturated carbocycles. The standard InChI is InChI=1S/C3H6O2S2.K.H/c4-1-2-5-3(6)7;;/h4H,1-2H2,(H,6,7);;/q;+1;-1. The maximum absolute atomic E-state index is 8.10. The molecule has 2 nitrogen and oxygen atoms in total. The van der Waals surface area contributed by atoms with E-state index in [1.54, 1.807) is 0 Å². The minimum atomic E-state index is -0.0132. The summed E-state index contributed by atoms with van der Waals surface area (Å²) in [6.45, 7) is 0.225. The molecule has 0 aliphatic rings. The van der Waals surface area contributed by atoms with Gasteiger partial charge in [-0.05, 0) is 12.2 Å². The second kappa shape index (κ2) is 8.84. The molecule has 0 saturated heterocycles. The Balaban J connectivity index is -0.000000180. The summed E-state index contributed by atoms with van der Waals surface area (Å²) in [5.41, 5.74) is 0. The van der Waals surface area contributed by atoms with Crippen molar-refractivity contribution in [3.8, 4) is 0 Å². The maximum Gasteiger partial charge on any atom is 1.00 e. The van der Waals surface area contributed by atoms with Crippen LogP contribution in [0.3, 0.4) is 0 Å². The Bertz CT molecular complexity index is 72.8. The molecular formula is C3H7KO2S2. The van der Waals surface area contributed by atoms with E-state index in [2.05, 4.69) is 29.6 Å². The van der Waals surface area contributed by atoms with Crippen LogP contribution in [0.1, 0.15) is 1.43 Å². The van der Waals surface area contributed by atoms with Gasteiger partial charge < -0.3 is 11.3 Å². The summed E-state index contributed by atoms with van der Waals surface area (Å²) >= 11 is 8.02. The fourth-order valence-corrected chi connectivity index (χ4v) is 0.308. The van der Waals surface area contributed by atoms with Crippen LogP contribution >= 0.6 is 24.8 Å². The number of aliphatic hydroxyl groups excluding tert-OH is 1. The van der Waals surface area contributed by atoms with Gasteiger partial charge in [0.2, 0.25) is 4.38 Å². The third-order valence-electron chi connectivity index (χ3n) is 0.317. The summed E-state index contributed by atoms with van der Waals surface area (Å²) in [6, 6.07) is 0. The fraction of sp³-hybridized carbons (Fsp3) is 0.667. The van der Waals surface area contributed by atoms with Gasteiger partial charge in [0, 0.05) is 0 Å². The average Bonchev–Trinajstić information content (AvgIpc) is 1.61. The molecule has 0 aliphatic carbocycles. The van der Waals surface area contributed by atoms with Crippen LogP contribution in [0.25, 0.3) is 0 Å². The van der Waals surface area contributed by atoms with Crippen molar-refractivity contribution < 1.29 is 62.7 Å². The largest absolute Gasteiger partial charge is 1.00 e. The van der Waals surface area contributed by atoms with Gasteiger partial charge in [-0.2, -0.15) is 0 Å². The molecule has 0 aromatic heterocycles. The summed E-state index contributed by atoms with van der Waals surface area (Å²) in [4.78, 5) is 0. The van der Waals surface area contributed by atoms with Crippen LogP contribution in [0.5, 0.6) is 0 Å². The minimum absolute atomic E-state index is 0. The number of aliphatic hydroxyl groups is 1. The number of ether oxygens (including phenoxy) is 1. The third-order valence-corrected chi connectivity index (χ3v) is 0.564. The SMILES string of the molecule is OCCOC(=S)S.[H-].[K+]. The van der Waals surface area contributed by atoms with E-state index in [0.29, 0.717) is 0 Å². The van der Waals surface area contributed by atoms with Crippen LogP contribution in [0.2, 0.25) is 0 Å². The Morgan fingerprint density at radius 2 is 2.38 bits per heavy atom. The van der Waals surface area contributed by atoms with Gasteiger partial charge in [-0.3, -0.25) is 0 Å². The predicted octanol–water partition coefficient (Wildman–Crippen LogP) is -2.67. The Morgan fingerprint density at radius 1 is 1.88 bits per heavy atom. The van der Waals surface area contributed by atoms with Crippen LogP contribution < -0.4 is 51.4 Å². The molecule has 0 amide bonds. The summed E-state index contributed by atoms with van der Waals surface area (Å²) < 4.78 is 4.71. The molecular weight excluding hydrogens is 171 g/mol. The Labute approximate surface area is 103 Å². The van der Waals surface area contributed by atoms with E-state index in [1.807, 2.05) is 0 Å². The molecule has 0 aromatic carbocycles. The minimum Gasteiger partial charge on any atom is -1.00 e. The molecule has 0 unspecified atom stereocenters. The molecule has 0 fully saturated rings. The zero-order chi connectivity index (χ0) is 5.70. The molecule has 0 bridgehead atoms. The summed E-state index contributed by atoms with van der Waals surface area (Å²) in [7, 11) is 0. The molecule has 0 radical (unpaired) electrons. The monoisotopic (exact) mass is 178 g/mol. The Hall–Kier alpha value is 1.84. The molecule has 0 rings (SSSR count). The second-order valence-electron chi connectivity index (χ2n) is 0.838. The average molecular weight is 178 g/mol. The van der Waals surface area contributed by atoms with E-state index in [9.17, 15) is 0 Å². The van der Waals surface area contributed by atoms with E-state index < -0.39 is 0 Å². The maximum atomic E-state index is 8.10. The van der Waals surface area contributed by atoms with Crippen molar-refractivity contribution in [2.75, 3.05) is 13.2 Å². The Kier molecular flexibility index (Phi) is 13.8. The number of hydrogen-bond acceptors (Lipinski definition) is 3. The van der Waals surface area contributed by atoms with Crippen LogP contribution in [0.15, 0.2) is 0 Å². The third kappa shape index (κ3) is 10.8. The summed E-state index contributed by atoms with van der Waals surface area (Å²) in [6.07, 6.45) is 0.